The van der Waals surface area contributed by atoms with Crippen LogP contribution in [-0.2, 0) is 4.74 Å². The summed E-state index contributed by atoms with van der Waals surface area (Å²) in [5.41, 5.74) is 0. The highest BCUT2D eigenvalue weighted by Crippen LogP contribution is 2.32. The number of ether oxygens (including phenoxy) is 1. The summed E-state index contributed by atoms with van der Waals surface area (Å²) in [5.74, 6) is 1.82. The first-order valence-electron chi connectivity index (χ1n) is 5.30. The fourth-order valence-corrected chi connectivity index (χ4v) is 2.25. The molecular formula is C11H22O. The second-order valence-corrected chi connectivity index (χ2v) is 4.17. The van der Waals surface area contributed by atoms with Crippen LogP contribution in [0.1, 0.15) is 46.0 Å². The molecule has 0 aromatic carbocycles. The first-order valence-corrected chi connectivity index (χ1v) is 5.30. The van der Waals surface area contributed by atoms with Gasteiger partial charge in [-0.05, 0) is 24.7 Å². The normalized spacial score (nSPS) is 33.2. The van der Waals surface area contributed by atoms with Gasteiger partial charge in [-0.3, -0.25) is 0 Å². The molecule has 72 valence electrons. The van der Waals surface area contributed by atoms with Crippen molar-refractivity contribution >= 4 is 0 Å². The summed E-state index contributed by atoms with van der Waals surface area (Å²) in [4.78, 5) is 0. The van der Waals surface area contributed by atoms with Crippen LogP contribution in [-0.4, -0.2) is 13.2 Å². The van der Waals surface area contributed by atoms with E-state index in [1.54, 1.807) is 0 Å². The molecule has 1 aliphatic rings. The maximum Gasteiger partial charge on any atom is 0.0574 e. The summed E-state index contributed by atoms with van der Waals surface area (Å²) < 4.78 is 5.42. The SMILES string of the molecule is CCC(C)[C@@H]1CCC[C@@H](OC)C1. The summed E-state index contributed by atoms with van der Waals surface area (Å²) in [6.07, 6.45) is 7.25. The molecule has 1 rings (SSSR count). The van der Waals surface area contributed by atoms with Crippen LogP contribution in [0, 0.1) is 11.8 Å². The quantitative estimate of drug-likeness (QED) is 0.632. The monoisotopic (exact) mass is 170 g/mol. The Morgan fingerprint density at radius 3 is 2.75 bits per heavy atom. The van der Waals surface area contributed by atoms with Gasteiger partial charge in [0.1, 0.15) is 0 Å². The third-order valence-corrected chi connectivity index (χ3v) is 3.45. The van der Waals surface area contributed by atoms with Crippen LogP contribution in [0.15, 0.2) is 0 Å². The number of methoxy groups -OCH3 is 1. The molecule has 0 aromatic rings. The molecule has 0 bridgehead atoms. The van der Waals surface area contributed by atoms with Crippen molar-refractivity contribution in [1.82, 2.24) is 0 Å². The largest absolute Gasteiger partial charge is 0.381 e. The Morgan fingerprint density at radius 2 is 2.17 bits per heavy atom. The minimum Gasteiger partial charge on any atom is -0.381 e. The van der Waals surface area contributed by atoms with Gasteiger partial charge in [0.15, 0.2) is 0 Å². The highest BCUT2D eigenvalue weighted by Gasteiger charge is 2.24. The average molecular weight is 170 g/mol. The van der Waals surface area contributed by atoms with E-state index >= 15 is 0 Å². The molecular weight excluding hydrogens is 148 g/mol. The lowest BCUT2D eigenvalue weighted by atomic mass is 9.78. The van der Waals surface area contributed by atoms with Crippen molar-refractivity contribution in [3.8, 4) is 0 Å². The van der Waals surface area contributed by atoms with Gasteiger partial charge in [0.2, 0.25) is 0 Å². The van der Waals surface area contributed by atoms with E-state index in [1.165, 1.54) is 32.1 Å². The summed E-state index contributed by atoms with van der Waals surface area (Å²) in [6.45, 7) is 4.67. The lowest BCUT2D eigenvalue weighted by molar-refractivity contribution is 0.0384. The lowest BCUT2D eigenvalue weighted by Gasteiger charge is -2.31. The van der Waals surface area contributed by atoms with E-state index in [-0.39, 0.29) is 0 Å². The summed E-state index contributed by atoms with van der Waals surface area (Å²) >= 11 is 0. The first-order chi connectivity index (χ1) is 5.77. The van der Waals surface area contributed by atoms with Gasteiger partial charge in [-0.1, -0.05) is 33.1 Å². The Labute approximate surface area is 76.5 Å². The Bertz CT molecular complexity index is 120. The molecule has 12 heavy (non-hydrogen) atoms. The molecule has 1 heteroatoms. The molecule has 3 atom stereocenters. The van der Waals surface area contributed by atoms with Crippen LogP contribution in [0.3, 0.4) is 0 Å². The van der Waals surface area contributed by atoms with Crippen molar-refractivity contribution in [2.75, 3.05) is 7.11 Å². The predicted molar refractivity (Wildman–Crippen MR) is 52.2 cm³/mol. The smallest absolute Gasteiger partial charge is 0.0574 e. The molecule has 0 amide bonds. The van der Waals surface area contributed by atoms with Crippen molar-refractivity contribution < 1.29 is 4.74 Å². The number of hydrogen-bond donors (Lipinski definition) is 0. The van der Waals surface area contributed by atoms with Crippen LogP contribution < -0.4 is 0 Å². The molecule has 1 nitrogen and oxygen atoms in total. The fraction of sp³-hybridized carbons (Fsp3) is 1.00. The molecule has 1 fully saturated rings. The van der Waals surface area contributed by atoms with Gasteiger partial charge in [-0.2, -0.15) is 0 Å². The Morgan fingerprint density at radius 1 is 1.42 bits per heavy atom. The van der Waals surface area contributed by atoms with Crippen LogP contribution in [0.25, 0.3) is 0 Å². The third-order valence-electron chi connectivity index (χ3n) is 3.45. The van der Waals surface area contributed by atoms with Crippen LogP contribution in [0.5, 0.6) is 0 Å². The summed E-state index contributed by atoms with van der Waals surface area (Å²) in [7, 11) is 1.85. The van der Waals surface area contributed by atoms with Gasteiger partial charge in [-0.25, -0.2) is 0 Å². The van der Waals surface area contributed by atoms with Crippen molar-refractivity contribution in [1.29, 1.82) is 0 Å². The molecule has 0 saturated heterocycles. The molecule has 0 heterocycles. The molecule has 0 aromatic heterocycles. The number of hydrogen-bond acceptors (Lipinski definition) is 1. The molecule has 0 radical (unpaired) electrons. The Kier molecular flexibility index (Phi) is 4.07. The van der Waals surface area contributed by atoms with E-state index in [1.807, 2.05) is 7.11 Å². The van der Waals surface area contributed by atoms with Crippen molar-refractivity contribution in [2.45, 2.75) is 52.1 Å². The van der Waals surface area contributed by atoms with Gasteiger partial charge < -0.3 is 4.74 Å². The van der Waals surface area contributed by atoms with E-state index in [0.717, 1.165) is 11.8 Å². The number of rotatable bonds is 3. The van der Waals surface area contributed by atoms with Gasteiger partial charge in [0.25, 0.3) is 0 Å². The summed E-state index contributed by atoms with van der Waals surface area (Å²) in [6, 6.07) is 0. The zero-order valence-electron chi connectivity index (χ0n) is 8.68. The van der Waals surface area contributed by atoms with E-state index in [0.29, 0.717) is 6.10 Å². The van der Waals surface area contributed by atoms with E-state index in [4.69, 9.17) is 4.74 Å². The zero-order valence-corrected chi connectivity index (χ0v) is 8.68. The minimum atomic E-state index is 0.553. The second kappa shape index (κ2) is 4.86. The minimum absolute atomic E-state index is 0.553. The van der Waals surface area contributed by atoms with E-state index < -0.39 is 0 Å². The fourth-order valence-electron chi connectivity index (χ4n) is 2.25. The molecule has 0 spiro atoms. The Balaban J connectivity index is 2.34. The maximum atomic E-state index is 5.42. The van der Waals surface area contributed by atoms with Crippen LogP contribution in [0.2, 0.25) is 0 Å². The van der Waals surface area contributed by atoms with Gasteiger partial charge in [0, 0.05) is 7.11 Å². The topological polar surface area (TPSA) is 9.23 Å². The van der Waals surface area contributed by atoms with Crippen molar-refractivity contribution in [3.63, 3.8) is 0 Å². The second-order valence-electron chi connectivity index (χ2n) is 4.17. The molecule has 1 unspecified atom stereocenters. The predicted octanol–water partition coefficient (Wildman–Crippen LogP) is 3.24. The van der Waals surface area contributed by atoms with Gasteiger partial charge in [0.05, 0.1) is 6.10 Å². The van der Waals surface area contributed by atoms with Crippen molar-refractivity contribution in [2.24, 2.45) is 11.8 Å². The molecule has 1 saturated carbocycles. The zero-order chi connectivity index (χ0) is 8.97. The molecule has 1 aliphatic carbocycles. The highest BCUT2D eigenvalue weighted by atomic mass is 16.5. The first kappa shape index (κ1) is 10.0. The van der Waals surface area contributed by atoms with Crippen LogP contribution in [0.4, 0.5) is 0 Å². The van der Waals surface area contributed by atoms with Crippen molar-refractivity contribution in [3.05, 3.63) is 0 Å². The van der Waals surface area contributed by atoms with E-state index in [2.05, 4.69) is 13.8 Å². The van der Waals surface area contributed by atoms with E-state index in [9.17, 15) is 0 Å². The van der Waals surface area contributed by atoms with Gasteiger partial charge >= 0.3 is 0 Å². The Hall–Kier alpha value is -0.0400. The average Bonchev–Trinajstić information content (AvgIpc) is 2.17. The molecule has 0 N–H and O–H groups in total. The maximum absolute atomic E-state index is 5.42. The standard InChI is InChI=1S/C11H22O/c1-4-9(2)10-6-5-7-11(8-10)12-3/h9-11H,4-8H2,1-3H3/t9?,10-,11-/m1/s1. The lowest BCUT2D eigenvalue weighted by Crippen LogP contribution is -2.25. The highest BCUT2D eigenvalue weighted by molar-refractivity contribution is 4.76. The third kappa shape index (κ3) is 2.48. The summed E-state index contributed by atoms with van der Waals surface area (Å²) in [5, 5.41) is 0. The molecule has 0 aliphatic heterocycles. The van der Waals surface area contributed by atoms with Gasteiger partial charge in [-0.15, -0.1) is 0 Å². The van der Waals surface area contributed by atoms with Crippen LogP contribution >= 0.6 is 0 Å².